The van der Waals surface area contributed by atoms with E-state index in [-0.39, 0.29) is 34.6 Å². The van der Waals surface area contributed by atoms with Gasteiger partial charge in [-0.05, 0) is 69.2 Å². The van der Waals surface area contributed by atoms with Crippen LogP contribution in [0.2, 0.25) is 10.0 Å². The molecule has 2 amide bonds. The number of nitro benzene ring substituents is 1. The lowest BCUT2D eigenvalue weighted by atomic mass is 10.1. The third kappa shape index (κ3) is 8.19. The number of carbonyl (C=O) groups is 2. The molecular weight excluding hydrogens is 631 g/mol. The van der Waals surface area contributed by atoms with E-state index in [4.69, 9.17) is 27.9 Å². The summed E-state index contributed by atoms with van der Waals surface area (Å²) in [6, 6.07) is 13.2. The van der Waals surface area contributed by atoms with Crippen LogP contribution >= 0.6 is 23.2 Å². The van der Waals surface area contributed by atoms with E-state index in [1.54, 1.807) is 31.2 Å². The van der Waals surface area contributed by atoms with E-state index in [9.17, 15) is 28.1 Å². The van der Waals surface area contributed by atoms with Gasteiger partial charge in [0.05, 0.1) is 22.6 Å². The number of carbonyl (C=O) groups excluding carboxylic acids is 2. The van der Waals surface area contributed by atoms with Gasteiger partial charge in [-0.3, -0.25) is 24.0 Å². The SMILES string of the molecule is CC[C@H](C)NC(=O)[C@H](C)N(Cc1ccc(Cl)cc1)C(=O)CN(c1cc(Cl)ccc1OC)S(=O)(=O)c1ccc(C)c([N+](=O)[O-])c1. The summed E-state index contributed by atoms with van der Waals surface area (Å²) in [4.78, 5) is 39.1. The standard InChI is InChI=1S/C30H34Cl2N4O7S/c1-6-20(3)33-30(38)21(4)34(17-22-8-10-23(31)11-9-22)29(37)18-35(27-15-24(32)12-14-28(27)43-5)44(41,42)25-13-7-19(2)26(16-25)36(39)40/h7-16,20-21H,6,17-18H2,1-5H3,(H,33,38)/t20-,21-/m0/s1. The second-order valence-corrected chi connectivity index (χ2v) is 12.9. The number of sulfonamides is 1. The van der Waals surface area contributed by atoms with Crippen LogP contribution in [-0.4, -0.2) is 55.8 Å². The zero-order valence-electron chi connectivity index (χ0n) is 24.9. The number of ether oxygens (including phenoxy) is 1. The Morgan fingerprint density at radius 3 is 2.25 bits per heavy atom. The number of hydrogen-bond donors (Lipinski definition) is 1. The van der Waals surface area contributed by atoms with Gasteiger partial charge < -0.3 is 15.0 Å². The summed E-state index contributed by atoms with van der Waals surface area (Å²) in [5.41, 5.74) is 0.428. The fourth-order valence-corrected chi connectivity index (χ4v) is 6.01. The molecule has 3 rings (SSSR count). The molecule has 1 N–H and O–H groups in total. The number of hydrogen-bond acceptors (Lipinski definition) is 7. The van der Waals surface area contributed by atoms with E-state index in [2.05, 4.69) is 5.32 Å². The summed E-state index contributed by atoms with van der Waals surface area (Å²) in [7, 11) is -3.30. The smallest absolute Gasteiger partial charge is 0.273 e. The molecule has 0 aliphatic rings. The lowest BCUT2D eigenvalue weighted by Crippen LogP contribution is -2.52. The number of benzene rings is 3. The minimum Gasteiger partial charge on any atom is -0.495 e. The van der Waals surface area contributed by atoms with Crippen LogP contribution in [0.25, 0.3) is 0 Å². The zero-order chi connectivity index (χ0) is 32.8. The van der Waals surface area contributed by atoms with Crippen molar-refractivity contribution in [3.63, 3.8) is 0 Å². The Balaban J connectivity index is 2.15. The number of nitro groups is 1. The molecule has 236 valence electrons. The molecule has 0 aromatic heterocycles. The molecular formula is C30H34Cl2N4O7S. The molecule has 0 unspecified atom stereocenters. The minimum absolute atomic E-state index is 0.0400. The maximum absolute atomic E-state index is 14.2. The van der Waals surface area contributed by atoms with Crippen molar-refractivity contribution in [2.45, 2.75) is 57.6 Å². The number of nitrogens with one attached hydrogen (secondary N) is 1. The van der Waals surface area contributed by atoms with Gasteiger partial charge in [0.15, 0.2) is 0 Å². The monoisotopic (exact) mass is 664 g/mol. The summed E-state index contributed by atoms with van der Waals surface area (Å²) in [6.07, 6.45) is 0.660. The van der Waals surface area contributed by atoms with Gasteiger partial charge in [-0.15, -0.1) is 0 Å². The Morgan fingerprint density at radius 2 is 1.66 bits per heavy atom. The number of nitrogens with zero attached hydrogens (tertiary/aromatic N) is 3. The summed E-state index contributed by atoms with van der Waals surface area (Å²) in [5.74, 6) is -1.07. The third-order valence-electron chi connectivity index (χ3n) is 7.09. The van der Waals surface area contributed by atoms with Crippen LogP contribution < -0.4 is 14.4 Å². The second-order valence-electron chi connectivity index (χ2n) is 10.2. The van der Waals surface area contributed by atoms with Crippen molar-refractivity contribution in [3.05, 3.63) is 92.0 Å². The van der Waals surface area contributed by atoms with Gasteiger partial charge in [0, 0.05) is 34.3 Å². The van der Waals surface area contributed by atoms with E-state index < -0.39 is 49.9 Å². The van der Waals surface area contributed by atoms with Gasteiger partial charge in [-0.25, -0.2) is 8.42 Å². The quantitative estimate of drug-likeness (QED) is 0.181. The number of halogens is 2. The minimum atomic E-state index is -4.63. The van der Waals surface area contributed by atoms with Gasteiger partial charge in [-0.2, -0.15) is 0 Å². The molecule has 0 bridgehead atoms. The molecule has 11 nitrogen and oxygen atoms in total. The van der Waals surface area contributed by atoms with Crippen molar-refractivity contribution >= 4 is 56.4 Å². The molecule has 0 aliphatic carbocycles. The van der Waals surface area contributed by atoms with Crippen molar-refractivity contribution in [2.75, 3.05) is 18.0 Å². The van der Waals surface area contributed by atoms with Crippen LogP contribution in [0.15, 0.2) is 65.6 Å². The number of rotatable bonds is 13. The Hall–Kier alpha value is -3.87. The first kappa shape index (κ1) is 34.6. The van der Waals surface area contributed by atoms with E-state index in [1.807, 2.05) is 13.8 Å². The fourth-order valence-electron chi connectivity index (χ4n) is 4.28. The van der Waals surface area contributed by atoms with Crippen LogP contribution in [0.4, 0.5) is 11.4 Å². The van der Waals surface area contributed by atoms with Crippen LogP contribution in [0, 0.1) is 17.0 Å². The summed E-state index contributed by atoms with van der Waals surface area (Å²) < 4.78 is 34.6. The molecule has 44 heavy (non-hydrogen) atoms. The van der Waals surface area contributed by atoms with Gasteiger partial charge in [-0.1, -0.05) is 48.3 Å². The lowest BCUT2D eigenvalue weighted by molar-refractivity contribution is -0.385. The van der Waals surface area contributed by atoms with Crippen molar-refractivity contribution in [2.24, 2.45) is 0 Å². The van der Waals surface area contributed by atoms with Gasteiger partial charge in [0.1, 0.15) is 18.3 Å². The summed E-state index contributed by atoms with van der Waals surface area (Å²) in [6.45, 7) is 5.94. The first-order valence-electron chi connectivity index (χ1n) is 13.6. The van der Waals surface area contributed by atoms with Gasteiger partial charge in [0.25, 0.3) is 15.7 Å². The highest BCUT2D eigenvalue weighted by Gasteiger charge is 2.35. The summed E-state index contributed by atoms with van der Waals surface area (Å²) in [5, 5.41) is 15.1. The van der Waals surface area contributed by atoms with Crippen LogP contribution in [0.3, 0.4) is 0 Å². The molecule has 0 saturated heterocycles. The van der Waals surface area contributed by atoms with Crippen LogP contribution in [-0.2, 0) is 26.2 Å². The Labute approximate surface area is 266 Å². The van der Waals surface area contributed by atoms with Crippen LogP contribution in [0.1, 0.15) is 38.3 Å². The Morgan fingerprint density at radius 1 is 1.02 bits per heavy atom. The van der Waals surface area contributed by atoms with Crippen LogP contribution in [0.5, 0.6) is 5.75 Å². The molecule has 0 aliphatic heterocycles. The van der Waals surface area contributed by atoms with Crippen molar-refractivity contribution in [1.29, 1.82) is 0 Å². The number of aryl methyl sites for hydroxylation is 1. The van der Waals surface area contributed by atoms with E-state index in [0.717, 1.165) is 10.4 Å². The zero-order valence-corrected chi connectivity index (χ0v) is 27.2. The van der Waals surface area contributed by atoms with E-state index in [0.29, 0.717) is 17.0 Å². The first-order chi connectivity index (χ1) is 20.7. The molecule has 3 aromatic rings. The molecule has 0 radical (unpaired) electrons. The van der Waals surface area contributed by atoms with Gasteiger partial charge in [0.2, 0.25) is 11.8 Å². The van der Waals surface area contributed by atoms with E-state index in [1.165, 1.54) is 49.3 Å². The maximum atomic E-state index is 14.2. The Kier molecular flexibility index (Phi) is 11.6. The number of anilines is 1. The van der Waals surface area contributed by atoms with E-state index >= 15 is 0 Å². The van der Waals surface area contributed by atoms with Gasteiger partial charge >= 0.3 is 0 Å². The second kappa shape index (κ2) is 14.7. The molecule has 0 heterocycles. The lowest BCUT2D eigenvalue weighted by Gasteiger charge is -2.33. The normalized spacial score (nSPS) is 12.6. The number of amides is 2. The highest BCUT2D eigenvalue weighted by atomic mass is 35.5. The topological polar surface area (TPSA) is 139 Å². The predicted octanol–water partition coefficient (Wildman–Crippen LogP) is 5.75. The molecule has 2 atom stereocenters. The van der Waals surface area contributed by atoms with Crippen molar-refractivity contribution in [1.82, 2.24) is 10.2 Å². The molecule has 14 heteroatoms. The largest absolute Gasteiger partial charge is 0.495 e. The highest BCUT2D eigenvalue weighted by Crippen LogP contribution is 2.36. The molecule has 0 saturated carbocycles. The third-order valence-corrected chi connectivity index (χ3v) is 9.33. The molecule has 0 fully saturated rings. The fraction of sp³-hybridized carbons (Fsp3) is 0.333. The Bertz CT molecular complexity index is 1630. The van der Waals surface area contributed by atoms with Crippen molar-refractivity contribution < 1.29 is 27.7 Å². The maximum Gasteiger partial charge on any atom is 0.273 e. The predicted molar refractivity (Wildman–Crippen MR) is 170 cm³/mol. The highest BCUT2D eigenvalue weighted by molar-refractivity contribution is 7.92. The molecule has 0 spiro atoms. The molecule has 3 aromatic carbocycles. The first-order valence-corrected chi connectivity index (χ1v) is 15.8. The average Bonchev–Trinajstić information content (AvgIpc) is 2.98. The average molecular weight is 666 g/mol. The number of methoxy groups -OCH3 is 1. The summed E-state index contributed by atoms with van der Waals surface area (Å²) >= 11 is 12.3. The van der Waals surface area contributed by atoms with Crippen molar-refractivity contribution in [3.8, 4) is 5.75 Å².